The Morgan fingerprint density at radius 1 is 1.50 bits per heavy atom. The molecule has 0 saturated carbocycles. The standard InChI is InChI=1S/C10H11NO/c1-2-4-9-5-3-6-10(7-9)8-11-12/h2-3,5-8,12H,1,4H2/b11-8-. The van der Waals surface area contributed by atoms with E-state index in [0.29, 0.717) is 0 Å². The molecule has 0 fully saturated rings. The smallest absolute Gasteiger partial charge is 0.0733 e. The molecule has 0 aliphatic heterocycles. The molecule has 1 rings (SSSR count). The van der Waals surface area contributed by atoms with Crippen LogP contribution >= 0.6 is 0 Å². The summed E-state index contributed by atoms with van der Waals surface area (Å²) in [6, 6.07) is 7.78. The lowest BCUT2D eigenvalue weighted by Gasteiger charge is -1.96. The maximum Gasteiger partial charge on any atom is 0.0733 e. The summed E-state index contributed by atoms with van der Waals surface area (Å²) in [5, 5.41) is 11.2. The zero-order valence-corrected chi connectivity index (χ0v) is 6.77. The lowest BCUT2D eigenvalue weighted by atomic mass is 10.1. The van der Waals surface area contributed by atoms with Gasteiger partial charge < -0.3 is 5.21 Å². The summed E-state index contributed by atoms with van der Waals surface area (Å²) in [6.07, 6.45) is 4.09. The van der Waals surface area contributed by atoms with Crippen LogP contribution in [0.5, 0.6) is 0 Å². The number of hydrogen-bond acceptors (Lipinski definition) is 2. The highest BCUT2D eigenvalue weighted by molar-refractivity contribution is 5.79. The third-order valence-corrected chi connectivity index (χ3v) is 1.54. The second-order valence-corrected chi connectivity index (χ2v) is 2.48. The molecule has 12 heavy (non-hydrogen) atoms. The highest BCUT2D eigenvalue weighted by Gasteiger charge is 1.90. The van der Waals surface area contributed by atoms with Crippen molar-refractivity contribution >= 4 is 6.21 Å². The molecule has 0 aliphatic rings. The molecule has 0 radical (unpaired) electrons. The Labute approximate surface area is 71.8 Å². The lowest BCUT2D eigenvalue weighted by molar-refractivity contribution is 0.322. The topological polar surface area (TPSA) is 32.6 Å². The number of rotatable bonds is 3. The average Bonchev–Trinajstić information content (AvgIpc) is 2.06. The molecule has 2 nitrogen and oxygen atoms in total. The van der Waals surface area contributed by atoms with Crippen LogP contribution in [-0.4, -0.2) is 11.4 Å². The van der Waals surface area contributed by atoms with E-state index in [0.717, 1.165) is 12.0 Å². The summed E-state index contributed by atoms with van der Waals surface area (Å²) in [7, 11) is 0. The van der Waals surface area contributed by atoms with Crippen LogP contribution in [0, 0.1) is 0 Å². The molecule has 1 aromatic rings. The van der Waals surface area contributed by atoms with Crippen molar-refractivity contribution in [1.82, 2.24) is 0 Å². The van der Waals surface area contributed by atoms with Crippen LogP contribution in [0.4, 0.5) is 0 Å². The molecule has 62 valence electrons. The molecular formula is C10H11NO. The van der Waals surface area contributed by atoms with Gasteiger partial charge in [0.15, 0.2) is 0 Å². The normalized spacial score (nSPS) is 10.3. The molecule has 0 aliphatic carbocycles. The lowest BCUT2D eigenvalue weighted by Crippen LogP contribution is -1.85. The maximum absolute atomic E-state index is 8.29. The molecule has 0 saturated heterocycles. The maximum atomic E-state index is 8.29. The molecule has 1 aromatic carbocycles. The van der Waals surface area contributed by atoms with E-state index >= 15 is 0 Å². The fourth-order valence-electron chi connectivity index (χ4n) is 1.03. The molecule has 2 heteroatoms. The van der Waals surface area contributed by atoms with Crippen LogP contribution in [0.3, 0.4) is 0 Å². The Kier molecular flexibility index (Phi) is 3.08. The number of benzene rings is 1. The second-order valence-electron chi connectivity index (χ2n) is 2.48. The van der Waals surface area contributed by atoms with Crippen molar-refractivity contribution in [2.24, 2.45) is 5.16 Å². The Hall–Kier alpha value is -1.57. The summed E-state index contributed by atoms with van der Waals surface area (Å²) < 4.78 is 0. The first kappa shape index (κ1) is 8.53. The summed E-state index contributed by atoms with van der Waals surface area (Å²) in [6.45, 7) is 3.65. The summed E-state index contributed by atoms with van der Waals surface area (Å²) in [5.74, 6) is 0. The largest absolute Gasteiger partial charge is 0.411 e. The molecule has 0 unspecified atom stereocenters. The highest BCUT2D eigenvalue weighted by Crippen LogP contribution is 2.04. The van der Waals surface area contributed by atoms with Crippen molar-refractivity contribution < 1.29 is 5.21 Å². The van der Waals surface area contributed by atoms with Crippen LogP contribution in [-0.2, 0) is 6.42 Å². The fraction of sp³-hybridized carbons (Fsp3) is 0.100. The average molecular weight is 161 g/mol. The summed E-state index contributed by atoms with van der Waals surface area (Å²) in [4.78, 5) is 0. The van der Waals surface area contributed by atoms with Crippen molar-refractivity contribution in [1.29, 1.82) is 0 Å². The van der Waals surface area contributed by atoms with Crippen LogP contribution in [0.2, 0.25) is 0 Å². The molecular weight excluding hydrogens is 150 g/mol. The predicted octanol–water partition coefficient (Wildman–Crippen LogP) is 2.22. The van der Waals surface area contributed by atoms with Crippen molar-refractivity contribution in [2.45, 2.75) is 6.42 Å². The summed E-state index contributed by atoms with van der Waals surface area (Å²) in [5.41, 5.74) is 2.07. The van der Waals surface area contributed by atoms with Crippen molar-refractivity contribution in [3.8, 4) is 0 Å². The third kappa shape index (κ3) is 2.23. The molecule has 0 amide bonds. The van der Waals surface area contributed by atoms with E-state index in [1.54, 1.807) is 0 Å². The third-order valence-electron chi connectivity index (χ3n) is 1.54. The Bertz CT molecular complexity index is 292. The van der Waals surface area contributed by atoms with E-state index in [1.807, 2.05) is 30.3 Å². The first-order valence-corrected chi connectivity index (χ1v) is 3.74. The van der Waals surface area contributed by atoms with Gasteiger partial charge in [-0.3, -0.25) is 0 Å². The first-order chi connectivity index (χ1) is 5.86. The van der Waals surface area contributed by atoms with Crippen LogP contribution < -0.4 is 0 Å². The second kappa shape index (κ2) is 4.34. The van der Waals surface area contributed by atoms with Gasteiger partial charge in [0.05, 0.1) is 6.21 Å². The van der Waals surface area contributed by atoms with E-state index in [2.05, 4.69) is 11.7 Å². The highest BCUT2D eigenvalue weighted by atomic mass is 16.4. The van der Waals surface area contributed by atoms with Crippen LogP contribution in [0.1, 0.15) is 11.1 Å². The van der Waals surface area contributed by atoms with Gasteiger partial charge in [-0.2, -0.15) is 0 Å². The SMILES string of the molecule is C=CCc1cccc(/C=N\O)c1. The van der Waals surface area contributed by atoms with Gasteiger partial charge in [-0.25, -0.2) is 0 Å². The fourth-order valence-corrected chi connectivity index (χ4v) is 1.03. The van der Waals surface area contributed by atoms with Gasteiger partial charge in [-0.1, -0.05) is 29.4 Å². The zero-order valence-electron chi connectivity index (χ0n) is 6.77. The van der Waals surface area contributed by atoms with E-state index in [4.69, 9.17) is 5.21 Å². The van der Waals surface area contributed by atoms with E-state index in [1.165, 1.54) is 11.8 Å². The quantitative estimate of drug-likeness (QED) is 0.313. The number of nitrogens with zero attached hydrogens (tertiary/aromatic N) is 1. The Morgan fingerprint density at radius 2 is 2.33 bits per heavy atom. The Morgan fingerprint density at radius 3 is 3.00 bits per heavy atom. The van der Waals surface area contributed by atoms with Crippen LogP contribution in [0.15, 0.2) is 42.1 Å². The van der Waals surface area contributed by atoms with Gasteiger partial charge in [-0.05, 0) is 23.6 Å². The Balaban J connectivity index is 2.87. The zero-order chi connectivity index (χ0) is 8.81. The van der Waals surface area contributed by atoms with E-state index in [9.17, 15) is 0 Å². The van der Waals surface area contributed by atoms with Gasteiger partial charge in [0, 0.05) is 0 Å². The minimum absolute atomic E-state index is 0.840. The van der Waals surface area contributed by atoms with E-state index < -0.39 is 0 Å². The predicted molar refractivity (Wildman–Crippen MR) is 49.7 cm³/mol. The van der Waals surface area contributed by atoms with Crippen LogP contribution in [0.25, 0.3) is 0 Å². The van der Waals surface area contributed by atoms with Gasteiger partial charge >= 0.3 is 0 Å². The molecule has 0 heterocycles. The van der Waals surface area contributed by atoms with Gasteiger partial charge in [0.1, 0.15) is 0 Å². The van der Waals surface area contributed by atoms with Gasteiger partial charge in [-0.15, -0.1) is 6.58 Å². The monoisotopic (exact) mass is 161 g/mol. The molecule has 0 spiro atoms. The molecule has 1 N–H and O–H groups in total. The number of allylic oxidation sites excluding steroid dienone is 1. The van der Waals surface area contributed by atoms with Gasteiger partial charge in [0.2, 0.25) is 0 Å². The minimum atomic E-state index is 0.840. The number of oxime groups is 1. The molecule has 0 aromatic heterocycles. The van der Waals surface area contributed by atoms with Crippen molar-refractivity contribution in [3.63, 3.8) is 0 Å². The van der Waals surface area contributed by atoms with E-state index in [-0.39, 0.29) is 0 Å². The molecule has 0 bridgehead atoms. The van der Waals surface area contributed by atoms with Crippen molar-refractivity contribution in [2.75, 3.05) is 0 Å². The minimum Gasteiger partial charge on any atom is -0.411 e. The number of hydrogen-bond donors (Lipinski definition) is 1. The van der Waals surface area contributed by atoms with Gasteiger partial charge in [0.25, 0.3) is 0 Å². The van der Waals surface area contributed by atoms with Crippen molar-refractivity contribution in [3.05, 3.63) is 48.0 Å². The summed E-state index contributed by atoms with van der Waals surface area (Å²) >= 11 is 0. The first-order valence-electron chi connectivity index (χ1n) is 3.74. The molecule has 0 atom stereocenters.